The SMILES string of the molecule is CCOC(=O)C(CN)Sc1c(F)cnc(F)c1F. The van der Waals surface area contributed by atoms with Crippen LogP contribution in [0.25, 0.3) is 0 Å². The van der Waals surface area contributed by atoms with Gasteiger partial charge in [0.2, 0.25) is 5.95 Å². The van der Waals surface area contributed by atoms with Crippen LogP contribution in [-0.4, -0.2) is 29.4 Å². The van der Waals surface area contributed by atoms with Crippen molar-refractivity contribution >= 4 is 17.7 Å². The highest BCUT2D eigenvalue weighted by Crippen LogP contribution is 2.29. The number of esters is 1. The third kappa shape index (κ3) is 3.36. The molecule has 0 amide bonds. The Kier molecular flexibility index (Phi) is 5.42. The minimum atomic E-state index is -1.44. The molecular formula is C10H11F3N2O2S. The van der Waals surface area contributed by atoms with Crippen molar-refractivity contribution in [1.82, 2.24) is 4.98 Å². The number of carbonyl (C=O) groups is 1. The Morgan fingerprint density at radius 1 is 1.56 bits per heavy atom. The Morgan fingerprint density at radius 3 is 2.78 bits per heavy atom. The minimum Gasteiger partial charge on any atom is -0.465 e. The van der Waals surface area contributed by atoms with Crippen LogP contribution in [-0.2, 0) is 9.53 Å². The van der Waals surface area contributed by atoms with Crippen molar-refractivity contribution in [3.63, 3.8) is 0 Å². The predicted molar refractivity (Wildman–Crippen MR) is 59.4 cm³/mol. The predicted octanol–water partition coefficient (Wildman–Crippen LogP) is 1.48. The van der Waals surface area contributed by atoms with Gasteiger partial charge in [-0.15, -0.1) is 11.8 Å². The van der Waals surface area contributed by atoms with Crippen LogP contribution in [0, 0.1) is 17.6 Å². The lowest BCUT2D eigenvalue weighted by molar-refractivity contribution is -0.142. The first-order valence-corrected chi connectivity index (χ1v) is 5.92. The van der Waals surface area contributed by atoms with E-state index in [0.29, 0.717) is 18.0 Å². The van der Waals surface area contributed by atoms with E-state index in [0.717, 1.165) is 0 Å². The maximum Gasteiger partial charge on any atom is 0.320 e. The first-order chi connectivity index (χ1) is 8.51. The number of carbonyl (C=O) groups excluding carboxylic acids is 1. The average Bonchev–Trinajstić information content (AvgIpc) is 2.34. The number of nitrogens with zero attached hydrogens (tertiary/aromatic N) is 1. The number of nitrogens with two attached hydrogens (primary N) is 1. The molecule has 1 unspecified atom stereocenters. The van der Waals surface area contributed by atoms with E-state index in [1.54, 1.807) is 6.92 Å². The van der Waals surface area contributed by atoms with E-state index in [1.165, 1.54) is 0 Å². The van der Waals surface area contributed by atoms with E-state index >= 15 is 0 Å². The van der Waals surface area contributed by atoms with E-state index in [4.69, 9.17) is 5.73 Å². The van der Waals surface area contributed by atoms with Crippen molar-refractivity contribution in [2.45, 2.75) is 17.1 Å². The van der Waals surface area contributed by atoms with Gasteiger partial charge < -0.3 is 10.5 Å². The van der Waals surface area contributed by atoms with Gasteiger partial charge in [-0.25, -0.2) is 13.8 Å². The molecule has 0 aliphatic carbocycles. The van der Waals surface area contributed by atoms with Crippen LogP contribution in [0.1, 0.15) is 6.92 Å². The normalized spacial score (nSPS) is 12.3. The van der Waals surface area contributed by atoms with Gasteiger partial charge in [0, 0.05) is 6.54 Å². The zero-order valence-corrected chi connectivity index (χ0v) is 10.3. The number of aromatic nitrogens is 1. The molecule has 0 bridgehead atoms. The van der Waals surface area contributed by atoms with Crippen LogP contribution < -0.4 is 5.73 Å². The highest BCUT2D eigenvalue weighted by molar-refractivity contribution is 8.00. The van der Waals surface area contributed by atoms with Crippen molar-refractivity contribution in [2.24, 2.45) is 5.73 Å². The molecule has 1 aromatic heterocycles. The Balaban J connectivity index is 2.95. The summed E-state index contributed by atoms with van der Waals surface area (Å²) in [5.74, 6) is -4.64. The van der Waals surface area contributed by atoms with Gasteiger partial charge in [0.05, 0.1) is 17.7 Å². The van der Waals surface area contributed by atoms with Crippen LogP contribution in [0.5, 0.6) is 0 Å². The lowest BCUT2D eigenvalue weighted by atomic mass is 10.4. The molecule has 1 heterocycles. The molecule has 4 nitrogen and oxygen atoms in total. The van der Waals surface area contributed by atoms with Crippen LogP contribution in [0.15, 0.2) is 11.1 Å². The summed E-state index contributed by atoms with van der Waals surface area (Å²) in [6.45, 7) is 1.52. The molecule has 8 heteroatoms. The first-order valence-electron chi connectivity index (χ1n) is 5.04. The number of rotatable bonds is 5. The highest BCUT2D eigenvalue weighted by Gasteiger charge is 2.25. The lowest BCUT2D eigenvalue weighted by Crippen LogP contribution is -2.28. The van der Waals surface area contributed by atoms with Crippen LogP contribution in [0.2, 0.25) is 0 Å². The zero-order chi connectivity index (χ0) is 13.7. The molecule has 0 radical (unpaired) electrons. The summed E-state index contributed by atoms with van der Waals surface area (Å²) in [6, 6.07) is 0. The van der Waals surface area contributed by atoms with Crippen molar-refractivity contribution < 1.29 is 22.7 Å². The number of hydrogen-bond donors (Lipinski definition) is 1. The van der Waals surface area contributed by atoms with E-state index < -0.39 is 33.7 Å². The highest BCUT2D eigenvalue weighted by atomic mass is 32.2. The number of halogens is 3. The van der Waals surface area contributed by atoms with Crippen molar-refractivity contribution in [3.05, 3.63) is 23.8 Å². The largest absolute Gasteiger partial charge is 0.465 e. The zero-order valence-electron chi connectivity index (χ0n) is 9.45. The minimum absolute atomic E-state index is 0.117. The average molecular weight is 280 g/mol. The fraction of sp³-hybridized carbons (Fsp3) is 0.400. The molecule has 0 saturated carbocycles. The van der Waals surface area contributed by atoms with Crippen LogP contribution >= 0.6 is 11.8 Å². The first kappa shape index (κ1) is 14.8. The lowest BCUT2D eigenvalue weighted by Gasteiger charge is -2.13. The summed E-state index contributed by atoms with van der Waals surface area (Å²) >= 11 is 0.475. The molecular weight excluding hydrogens is 269 g/mol. The molecule has 0 aliphatic heterocycles. The molecule has 100 valence electrons. The Bertz CT molecular complexity index is 445. The second kappa shape index (κ2) is 6.60. The number of hydrogen-bond acceptors (Lipinski definition) is 5. The molecule has 2 N–H and O–H groups in total. The molecule has 0 aromatic carbocycles. The van der Waals surface area contributed by atoms with Gasteiger partial charge in [0.1, 0.15) is 5.25 Å². The van der Waals surface area contributed by atoms with Crippen molar-refractivity contribution in [2.75, 3.05) is 13.2 Å². The number of ether oxygens (including phenoxy) is 1. The van der Waals surface area contributed by atoms with Gasteiger partial charge in [-0.1, -0.05) is 0 Å². The maximum atomic E-state index is 13.3. The molecule has 1 rings (SSSR count). The second-order valence-electron chi connectivity index (χ2n) is 3.13. The van der Waals surface area contributed by atoms with Gasteiger partial charge in [-0.3, -0.25) is 4.79 Å². The quantitative estimate of drug-likeness (QED) is 0.503. The van der Waals surface area contributed by atoms with Gasteiger partial charge in [0.25, 0.3) is 0 Å². The number of pyridine rings is 1. The van der Waals surface area contributed by atoms with Gasteiger partial charge in [-0.05, 0) is 6.92 Å². The van der Waals surface area contributed by atoms with Gasteiger partial charge in [-0.2, -0.15) is 4.39 Å². The topological polar surface area (TPSA) is 65.2 Å². The third-order valence-corrected chi connectivity index (χ3v) is 3.19. The Morgan fingerprint density at radius 2 is 2.22 bits per heavy atom. The van der Waals surface area contributed by atoms with Crippen molar-refractivity contribution in [1.29, 1.82) is 0 Å². The van der Waals surface area contributed by atoms with Crippen LogP contribution in [0.4, 0.5) is 13.2 Å². The molecule has 0 saturated heterocycles. The summed E-state index contributed by atoms with van der Waals surface area (Å²) in [6.07, 6.45) is 0.541. The fourth-order valence-corrected chi connectivity index (χ4v) is 2.00. The monoisotopic (exact) mass is 280 g/mol. The Labute approximate surface area is 106 Å². The van der Waals surface area contributed by atoms with Gasteiger partial charge >= 0.3 is 5.97 Å². The summed E-state index contributed by atoms with van der Waals surface area (Å²) in [5, 5.41) is -1.00. The van der Waals surface area contributed by atoms with E-state index in [2.05, 4.69) is 9.72 Å². The van der Waals surface area contributed by atoms with E-state index in [-0.39, 0.29) is 13.2 Å². The van der Waals surface area contributed by atoms with Gasteiger partial charge in [0.15, 0.2) is 11.6 Å². The molecule has 0 fully saturated rings. The summed E-state index contributed by atoms with van der Waals surface area (Å²) in [5.41, 5.74) is 5.31. The Hall–Kier alpha value is -1.28. The molecule has 1 atom stereocenters. The fourth-order valence-electron chi connectivity index (χ4n) is 1.11. The maximum absolute atomic E-state index is 13.3. The standard InChI is InChI=1S/C10H11F3N2O2S/c1-2-17-10(16)6(3-14)18-8-5(11)4-15-9(13)7(8)12/h4,6H,2-3,14H2,1H3. The molecule has 0 spiro atoms. The second-order valence-corrected chi connectivity index (χ2v) is 4.35. The van der Waals surface area contributed by atoms with E-state index in [9.17, 15) is 18.0 Å². The number of thioether (sulfide) groups is 1. The smallest absolute Gasteiger partial charge is 0.320 e. The summed E-state index contributed by atoms with van der Waals surface area (Å²) < 4.78 is 44.1. The summed E-state index contributed by atoms with van der Waals surface area (Å²) in [4.78, 5) is 13.7. The molecule has 18 heavy (non-hydrogen) atoms. The van der Waals surface area contributed by atoms with Crippen LogP contribution in [0.3, 0.4) is 0 Å². The van der Waals surface area contributed by atoms with Crippen molar-refractivity contribution in [3.8, 4) is 0 Å². The van der Waals surface area contributed by atoms with E-state index in [1.807, 2.05) is 0 Å². The summed E-state index contributed by atoms with van der Waals surface area (Å²) in [7, 11) is 0. The third-order valence-electron chi connectivity index (χ3n) is 1.91. The molecule has 1 aromatic rings. The molecule has 0 aliphatic rings.